The van der Waals surface area contributed by atoms with Gasteiger partial charge in [0.1, 0.15) is 5.82 Å². The number of rotatable bonds is 1. The number of nitrogens with zero attached hydrogens (tertiary/aromatic N) is 2. The Labute approximate surface area is 105 Å². The van der Waals surface area contributed by atoms with Crippen LogP contribution in [0.3, 0.4) is 0 Å². The van der Waals surface area contributed by atoms with Crippen LogP contribution in [0.1, 0.15) is 17.3 Å². The molecular weight excluding hydrogens is 242 g/mol. The number of hydrogen-bond acceptors (Lipinski definition) is 4. The lowest BCUT2D eigenvalue weighted by atomic mass is 10.1. The molecule has 1 aliphatic heterocycles. The first-order valence-corrected chi connectivity index (χ1v) is 5.77. The number of pyridine rings is 1. The van der Waals surface area contributed by atoms with Crippen molar-refractivity contribution in [2.45, 2.75) is 13.0 Å². The number of halogens is 1. The molecule has 2 heterocycles. The zero-order valence-electron chi connectivity index (χ0n) is 9.52. The van der Waals surface area contributed by atoms with Gasteiger partial charge in [-0.05, 0) is 13.0 Å². The van der Waals surface area contributed by atoms with Crippen molar-refractivity contribution in [2.75, 3.05) is 25.5 Å². The van der Waals surface area contributed by atoms with Crippen LogP contribution in [0.25, 0.3) is 0 Å². The fourth-order valence-corrected chi connectivity index (χ4v) is 1.99. The summed E-state index contributed by atoms with van der Waals surface area (Å²) in [5.74, 6) is 0.165. The molecule has 1 aromatic rings. The van der Waals surface area contributed by atoms with Crippen LogP contribution in [0.15, 0.2) is 12.3 Å². The third-order valence-corrected chi connectivity index (χ3v) is 3.04. The van der Waals surface area contributed by atoms with Crippen LogP contribution < -0.4 is 5.73 Å². The number of morpholine rings is 1. The van der Waals surface area contributed by atoms with Crippen LogP contribution in [0, 0.1) is 0 Å². The lowest BCUT2D eigenvalue weighted by Gasteiger charge is -2.33. The van der Waals surface area contributed by atoms with Gasteiger partial charge in [0.05, 0.1) is 29.8 Å². The van der Waals surface area contributed by atoms with E-state index in [1.54, 1.807) is 4.90 Å². The Balaban J connectivity index is 2.26. The Morgan fingerprint density at radius 3 is 3.18 bits per heavy atom. The van der Waals surface area contributed by atoms with E-state index in [0.29, 0.717) is 36.2 Å². The maximum atomic E-state index is 12.3. The van der Waals surface area contributed by atoms with Crippen molar-refractivity contribution in [3.63, 3.8) is 0 Å². The van der Waals surface area contributed by atoms with Crippen molar-refractivity contribution in [3.8, 4) is 0 Å². The van der Waals surface area contributed by atoms with E-state index >= 15 is 0 Å². The van der Waals surface area contributed by atoms with Gasteiger partial charge in [0.15, 0.2) is 0 Å². The summed E-state index contributed by atoms with van der Waals surface area (Å²) >= 11 is 5.96. The molecule has 2 rings (SSSR count). The molecule has 1 unspecified atom stereocenters. The molecule has 1 saturated heterocycles. The molecule has 92 valence electrons. The molecule has 5 nitrogen and oxygen atoms in total. The van der Waals surface area contributed by atoms with Crippen molar-refractivity contribution in [1.82, 2.24) is 9.88 Å². The molecule has 0 radical (unpaired) electrons. The highest BCUT2D eigenvalue weighted by Gasteiger charge is 2.26. The summed E-state index contributed by atoms with van der Waals surface area (Å²) < 4.78 is 5.29. The second kappa shape index (κ2) is 4.89. The molecule has 17 heavy (non-hydrogen) atoms. The molecule has 0 aromatic carbocycles. The Kier molecular flexibility index (Phi) is 3.49. The molecule has 2 N–H and O–H groups in total. The second-order valence-electron chi connectivity index (χ2n) is 4.01. The van der Waals surface area contributed by atoms with Gasteiger partial charge in [-0.3, -0.25) is 4.79 Å². The molecule has 0 bridgehead atoms. The Bertz CT molecular complexity index is 439. The van der Waals surface area contributed by atoms with Crippen molar-refractivity contribution in [2.24, 2.45) is 0 Å². The number of carbonyl (C=O) groups excluding carboxylic acids is 1. The summed E-state index contributed by atoms with van der Waals surface area (Å²) in [7, 11) is 0. The van der Waals surface area contributed by atoms with E-state index in [9.17, 15) is 4.79 Å². The number of ether oxygens (including phenoxy) is 1. The van der Waals surface area contributed by atoms with Crippen molar-refractivity contribution in [3.05, 3.63) is 22.8 Å². The summed E-state index contributed by atoms with van der Waals surface area (Å²) in [6, 6.07) is 1.55. The Morgan fingerprint density at radius 1 is 1.71 bits per heavy atom. The van der Waals surface area contributed by atoms with E-state index in [4.69, 9.17) is 22.1 Å². The average molecular weight is 256 g/mol. The molecular formula is C11H14ClN3O2. The highest BCUT2D eigenvalue weighted by Crippen LogP contribution is 2.20. The van der Waals surface area contributed by atoms with Gasteiger partial charge < -0.3 is 15.4 Å². The topological polar surface area (TPSA) is 68.5 Å². The number of amides is 1. The quantitative estimate of drug-likeness (QED) is 0.818. The summed E-state index contributed by atoms with van der Waals surface area (Å²) in [6.07, 6.45) is 1.40. The summed E-state index contributed by atoms with van der Waals surface area (Å²) in [5.41, 5.74) is 5.96. The summed E-state index contributed by atoms with van der Waals surface area (Å²) in [5, 5.41) is 0.322. The number of anilines is 1. The zero-order valence-corrected chi connectivity index (χ0v) is 10.3. The minimum atomic E-state index is -0.125. The Morgan fingerprint density at radius 2 is 2.47 bits per heavy atom. The average Bonchev–Trinajstić information content (AvgIpc) is 2.32. The first-order chi connectivity index (χ1) is 8.09. The molecule has 1 amide bonds. The first kappa shape index (κ1) is 12.1. The largest absolute Gasteiger partial charge is 0.384 e. The fraction of sp³-hybridized carbons (Fsp3) is 0.455. The highest BCUT2D eigenvalue weighted by molar-refractivity contribution is 6.33. The molecule has 1 aliphatic rings. The third-order valence-electron chi connectivity index (χ3n) is 2.74. The van der Waals surface area contributed by atoms with Crippen molar-refractivity contribution >= 4 is 23.3 Å². The Hall–Kier alpha value is -1.33. The minimum absolute atomic E-state index is 0.0432. The standard InChI is InChI=1S/C11H14ClN3O2/c1-7-6-17-3-2-15(7)11(16)8-4-10(13)14-5-9(8)12/h4-5,7H,2-3,6H2,1H3,(H2,13,14). The van der Waals surface area contributed by atoms with Gasteiger partial charge >= 0.3 is 0 Å². The number of aromatic nitrogens is 1. The van der Waals surface area contributed by atoms with Gasteiger partial charge in [-0.15, -0.1) is 0 Å². The van der Waals surface area contributed by atoms with E-state index in [0.717, 1.165) is 0 Å². The first-order valence-electron chi connectivity index (χ1n) is 5.39. The lowest BCUT2D eigenvalue weighted by molar-refractivity contribution is 0.00360. The predicted octanol–water partition coefficient (Wildman–Crippen LogP) is 1.18. The predicted molar refractivity (Wildman–Crippen MR) is 65.0 cm³/mol. The van der Waals surface area contributed by atoms with E-state index in [2.05, 4.69) is 4.98 Å². The minimum Gasteiger partial charge on any atom is -0.384 e. The van der Waals surface area contributed by atoms with Crippen LogP contribution in [0.2, 0.25) is 5.02 Å². The van der Waals surface area contributed by atoms with Gasteiger partial charge in [-0.1, -0.05) is 11.6 Å². The van der Waals surface area contributed by atoms with Gasteiger partial charge in [0.2, 0.25) is 0 Å². The highest BCUT2D eigenvalue weighted by atomic mass is 35.5. The normalized spacial score (nSPS) is 20.4. The van der Waals surface area contributed by atoms with Gasteiger partial charge in [0.25, 0.3) is 5.91 Å². The summed E-state index contributed by atoms with van der Waals surface area (Å²) in [4.78, 5) is 17.9. The van der Waals surface area contributed by atoms with Gasteiger partial charge in [-0.25, -0.2) is 4.98 Å². The van der Waals surface area contributed by atoms with Gasteiger partial charge in [-0.2, -0.15) is 0 Å². The van der Waals surface area contributed by atoms with Crippen LogP contribution >= 0.6 is 11.6 Å². The number of carbonyl (C=O) groups is 1. The van der Waals surface area contributed by atoms with Crippen molar-refractivity contribution in [1.29, 1.82) is 0 Å². The summed E-state index contributed by atoms with van der Waals surface area (Å²) in [6.45, 7) is 3.60. The van der Waals surface area contributed by atoms with Crippen molar-refractivity contribution < 1.29 is 9.53 Å². The monoisotopic (exact) mass is 255 g/mol. The maximum Gasteiger partial charge on any atom is 0.255 e. The molecule has 1 fully saturated rings. The maximum absolute atomic E-state index is 12.3. The van der Waals surface area contributed by atoms with E-state index in [1.165, 1.54) is 12.3 Å². The smallest absolute Gasteiger partial charge is 0.255 e. The van der Waals surface area contributed by atoms with E-state index in [-0.39, 0.29) is 11.9 Å². The molecule has 1 atom stereocenters. The van der Waals surface area contributed by atoms with E-state index < -0.39 is 0 Å². The number of nitrogen functional groups attached to an aromatic ring is 1. The van der Waals surface area contributed by atoms with Crippen LogP contribution in [-0.2, 0) is 4.74 Å². The number of hydrogen-bond donors (Lipinski definition) is 1. The van der Waals surface area contributed by atoms with E-state index in [1.807, 2.05) is 6.92 Å². The van der Waals surface area contributed by atoms with Crippen LogP contribution in [0.4, 0.5) is 5.82 Å². The molecule has 0 saturated carbocycles. The van der Waals surface area contributed by atoms with Crippen LogP contribution in [0.5, 0.6) is 0 Å². The SMILES string of the molecule is CC1COCCN1C(=O)c1cc(N)ncc1Cl. The third kappa shape index (κ3) is 2.50. The fourth-order valence-electron chi connectivity index (χ4n) is 1.80. The van der Waals surface area contributed by atoms with Crippen LogP contribution in [-0.4, -0.2) is 41.6 Å². The molecule has 6 heteroatoms. The molecule has 0 spiro atoms. The lowest BCUT2D eigenvalue weighted by Crippen LogP contribution is -2.47. The zero-order chi connectivity index (χ0) is 12.4. The number of nitrogens with two attached hydrogens (primary N) is 1. The molecule has 0 aliphatic carbocycles. The second-order valence-corrected chi connectivity index (χ2v) is 4.42. The molecule has 1 aromatic heterocycles. The van der Waals surface area contributed by atoms with Gasteiger partial charge in [0, 0.05) is 12.7 Å².